The maximum Gasteiger partial charge on any atom is 0.410 e. The Balaban J connectivity index is 1.54. The van der Waals surface area contributed by atoms with Crippen LogP contribution in [0.25, 0.3) is 10.9 Å². The van der Waals surface area contributed by atoms with Gasteiger partial charge in [0.1, 0.15) is 29.0 Å². The van der Waals surface area contributed by atoms with E-state index in [2.05, 4.69) is 20.6 Å². The van der Waals surface area contributed by atoms with Gasteiger partial charge in [-0.2, -0.15) is 0 Å². The lowest BCUT2D eigenvalue weighted by Crippen LogP contribution is -2.53. The van der Waals surface area contributed by atoms with Gasteiger partial charge in [-0.25, -0.2) is 14.3 Å². The van der Waals surface area contributed by atoms with Crippen LogP contribution in [0.1, 0.15) is 65.0 Å². The quantitative estimate of drug-likeness (QED) is 0.383. The van der Waals surface area contributed by atoms with Crippen molar-refractivity contribution in [3.63, 3.8) is 0 Å². The molecule has 0 spiro atoms. The predicted molar refractivity (Wildman–Crippen MR) is 155 cm³/mol. The second-order valence-corrected chi connectivity index (χ2v) is 12.4. The van der Waals surface area contributed by atoms with Crippen LogP contribution in [0.3, 0.4) is 0 Å². The topological polar surface area (TPSA) is 155 Å². The Labute approximate surface area is 245 Å². The van der Waals surface area contributed by atoms with Gasteiger partial charge in [0.15, 0.2) is 0 Å². The number of hydrogen-bond donors (Lipinski definition) is 3. The number of carbonyl (C=O) groups is 3. The summed E-state index contributed by atoms with van der Waals surface area (Å²) in [6.07, 6.45) is 0.745. The minimum atomic E-state index is -0.880. The molecule has 13 heteroatoms. The van der Waals surface area contributed by atoms with E-state index in [1.807, 2.05) is 51.1 Å². The van der Waals surface area contributed by atoms with Gasteiger partial charge in [-0.05, 0) is 59.1 Å². The van der Waals surface area contributed by atoms with Gasteiger partial charge in [-0.15, -0.1) is 5.10 Å². The normalized spacial score (nSPS) is 15.8. The molecule has 1 aliphatic rings. The molecule has 3 aromatic rings. The molecule has 0 radical (unpaired) electrons. The van der Waals surface area contributed by atoms with Crippen LogP contribution in [0.5, 0.6) is 0 Å². The zero-order chi connectivity index (χ0) is 30.7. The lowest BCUT2D eigenvalue weighted by atomic mass is 10.1. The van der Waals surface area contributed by atoms with Crippen molar-refractivity contribution >= 4 is 29.0 Å². The number of carbonyl (C=O) groups excluding carboxylic acids is 3. The van der Waals surface area contributed by atoms with Crippen LogP contribution >= 0.6 is 0 Å². The van der Waals surface area contributed by atoms with Crippen LogP contribution in [0, 0.1) is 0 Å². The third-order valence-corrected chi connectivity index (χ3v) is 6.61. The number of hydrogen-bond acceptors (Lipinski definition) is 8. The van der Waals surface area contributed by atoms with Gasteiger partial charge in [0.05, 0.1) is 12.8 Å². The number of amides is 3. The summed E-state index contributed by atoms with van der Waals surface area (Å²) in [5.41, 5.74) is 0.749. The molecule has 0 bridgehead atoms. The van der Waals surface area contributed by atoms with E-state index in [0.29, 0.717) is 32.6 Å². The van der Waals surface area contributed by atoms with E-state index in [4.69, 9.17) is 9.47 Å². The van der Waals surface area contributed by atoms with Crippen LogP contribution < -0.4 is 5.32 Å². The highest BCUT2D eigenvalue weighted by molar-refractivity contribution is 5.83. The monoisotopic (exact) mass is 583 g/mol. The summed E-state index contributed by atoms with van der Waals surface area (Å²) in [6, 6.07) is 8.18. The number of rotatable bonds is 7. The molecule has 3 N–H and O–H groups in total. The van der Waals surface area contributed by atoms with Gasteiger partial charge < -0.3 is 34.7 Å². The molecule has 1 fully saturated rings. The first-order chi connectivity index (χ1) is 19.7. The van der Waals surface area contributed by atoms with E-state index in [1.54, 1.807) is 36.8 Å². The first-order valence-corrected chi connectivity index (χ1v) is 14.1. The average molecular weight is 584 g/mol. The van der Waals surface area contributed by atoms with Gasteiger partial charge in [-0.3, -0.25) is 4.79 Å². The maximum atomic E-state index is 14.0. The minimum Gasteiger partial charge on any atom is -0.444 e. The van der Waals surface area contributed by atoms with Crippen LogP contribution in [-0.2, 0) is 20.7 Å². The molecule has 1 unspecified atom stereocenters. The van der Waals surface area contributed by atoms with Crippen LogP contribution in [-0.4, -0.2) is 97.0 Å². The Morgan fingerprint density at radius 3 is 2.26 bits per heavy atom. The number of ether oxygens (including phenoxy) is 2. The molecular weight excluding hydrogens is 542 g/mol. The Morgan fingerprint density at radius 1 is 1.00 bits per heavy atom. The maximum absolute atomic E-state index is 14.0. The largest absolute Gasteiger partial charge is 0.444 e. The SMILES string of the molecule is CC(C)(C)OC(=O)NC(CO)c1cn([C@H](Cc2cc3ccccc3[nH]2)C(=O)N2CCN(C(=O)OC(C)(C)C)CC2)nn1. The van der Waals surface area contributed by atoms with Crippen molar-refractivity contribution in [1.29, 1.82) is 0 Å². The molecule has 228 valence electrons. The van der Waals surface area contributed by atoms with Crippen molar-refractivity contribution in [1.82, 2.24) is 35.1 Å². The van der Waals surface area contributed by atoms with Crippen LogP contribution in [0.2, 0.25) is 0 Å². The minimum absolute atomic E-state index is 0.186. The lowest BCUT2D eigenvalue weighted by Gasteiger charge is -2.36. The second kappa shape index (κ2) is 12.4. The highest BCUT2D eigenvalue weighted by Crippen LogP contribution is 2.23. The fraction of sp³-hybridized carbons (Fsp3) is 0.552. The summed E-state index contributed by atoms with van der Waals surface area (Å²) in [4.78, 5) is 45.5. The number of para-hydroxylation sites is 1. The van der Waals surface area contributed by atoms with Crippen molar-refractivity contribution in [2.24, 2.45) is 0 Å². The molecule has 3 amide bonds. The first-order valence-electron chi connectivity index (χ1n) is 14.1. The molecule has 1 aliphatic heterocycles. The Hall–Kier alpha value is -4.13. The molecular formula is C29H41N7O6. The summed E-state index contributed by atoms with van der Waals surface area (Å²) in [6.45, 7) is 11.6. The molecule has 13 nitrogen and oxygen atoms in total. The highest BCUT2D eigenvalue weighted by Gasteiger charge is 2.33. The number of piperazine rings is 1. The van der Waals surface area contributed by atoms with E-state index in [-0.39, 0.29) is 11.6 Å². The standard InChI is InChI=1S/C29H41N7O6/c1-28(2,3)41-26(39)31-23(18-37)22-17-36(33-32-22)24(16-20-15-19-9-7-8-10-21(19)30-20)25(38)34-11-13-35(14-12-34)27(40)42-29(4,5)6/h7-10,15,17,23-24,30,37H,11-14,16,18H2,1-6H3,(H,31,39)/t23?,24-/m1/s1. The average Bonchev–Trinajstić information content (AvgIpc) is 3.55. The third kappa shape index (κ3) is 7.99. The molecule has 0 aliphatic carbocycles. The van der Waals surface area contributed by atoms with E-state index >= 15 is 0 Å². The molecule has 2 aromatic heterocycles. The molecule has 1 aromatic carbocycles. The van der Waals surface area contributed by atoms with E-state index < -0.39 is 42.1 Å². The summed E-state index contributed by atoms with van der Waals surface area (Å²) >= 11 is 0. The lowest BCUT2D eigenvalue weighted by molar-refractivity contribution is -0.137. The number of benzene rings is 1. The first kappa shape index (κ1) is 30.8. The molecule has 42 heavy (non-hydrogen) atoms. The highest BCUT2D eigenvalue weighted by atomic mass is 16.6. The zero-order valence-electron chi connectivity index (χ0n) is 25.1. The van der Waals surface area contributed by atoms with E-state index in [1.165, 1.54) is 4.68 Å². The number of aromatic amines is 1. The molecule has 0 saturated carbocycles. The molecule has 1 saturated heterocycles. The fourth-order valence-corrected chi connectivity index (χ4v) is 4.66. The number of fused-ring (bicyclic) bond motifs is 1. The van der Waals surface area contributed by atoms with Crippen LogP contribution in [0.15, 0.2) is 36.5 Å². The van der Waals surface area contributed by atoms with E-state index in [0.717, 1.165) is 16.6 Å². The summed E-state index contributed by atoms with van der Waals surface area (Å²) in [5, 5.41) is 22.0. The van der Waals surface area contributed by atoms with Gasteiger partial charge in [0.25, 0.3) is 0 Å². The van der Waals surface area contributed by atoms with Crippen molar-refractivity contribution in [3.05, 3.63) is 47.9 Å². The Morgan fingerprint density at radius 2 is 1.64 bits per heavy atom. The summed E-state index contributed by atoms with van der Waals surface area (Å²) < 4.78 is 12.3. The summed E-state index contributed by atoms with van der Waals surface area (Å²) in [5.74, 6) is -0.186. The van der Waals surface area contributed by atoms with Crippen molar-refractivity contribution in [2.45, 2.75) is 71.2 Å². The number of H-pyrrole nitrogens is 1. The number of aliphatic hydroxyl groups is 1. The Kier molecular flexibility index (Phi) is 9.09. The number of alkyl carbamates (subject to hydrolysis) is 1. The van der Waals surface area contributed by atoms with Gasteiger partial charge in [0, 0.05) is 43.8 Å². The van der Waals surface area contributed by atoms with Crippen molar-refractivity contribution in [2.75, 3.05) is 32.8 Å². The zero-order valence-corrected chi connectivity index (χ0v) is 25.1. The number of nitrogens with zero attached hydrogens (tertiary/aromatic N) is 5. The number of aromatic nitrogens is 4. The van der Waals surface area contributed by atoms with Crippen molar-refractivity contribution in [3.8, 4) is 0 Å². The van der Waals surface area contributed by atoms with Gasteiger partial charge in [-0.1, -0.05) is 23.4 Å². The number of aliphatic hydroxyl groups excluding tert-OH is 1. The third-order valence-electron chi connectivity index (χ3n) is 6.61. The predicted octanol–water partition coefficient (Wildman–Crippen LogP) is 3.18. The van der Waals surface area contributed by atoms with E-state index in [9.17, 15) is 19.5 Å². The van der Waals surface area contributed by atoms with Crippen LogP contribution in [0.4, 0.5) is 9.59 Å². The smallest absolute Gasteiger partial charge is 0.410 e. The molecule has 3 heterocycles. The number of nitrogens with one attached hydrogen (secondary N) is 2. The molecule has 2 atom stereocenters. The van der Waals surface area contributed by atoms with Gasteiger partial charge in [0.2, 0.25) is 5.91 Å². The molecule has 4 rings (SSSR count). The van der Waals surface area contributed by atoms with Crippen molar-refractivity contribution < 1.29 is 29.0 Å². The second-order valence-electron chi connectivity index (χ2n) is 12.4. The van der Waals surface area contributed by atoms with Gasteiger partial charge >= 0.3 is 12.2 Å². The fourth-order valence-electron chi connectivity index (χ4n) is 4.66. The Bertz CT molecular complexity index is 1360. The summed E-state index contributed by atoms with van der Waals surface area (Å²) in [7, 11) is 0.